The Labute approximate surface area is 122 Å². The lowest BCUT2D eigenvalue weighted by atomic mass is 10.1. The maximum atomic E-state index is 11.3. The SMILES string of the molecule is C[C@H]1CCN(C)c2ccccc2N1CCCS(C)(=O)=O. The van der Waals surface area contributed by atoms with E-state index in [1.165, 1.54) is 17.6 Å². The van der Waals surface area contributed by atoms with Gasteiger partial charge in [-0.15, -0.1) is 0 Å². The molecule has 0 aromatic heterocycles. The predicted octanol–water partition coefficient (Wildman–Crippen LogP) is 2.16. The van der Waals surface area contributed by atoms with E-state index in [-0.39, 0.29) is 5.75 Å². The number of sulfone groups is 1. The Balaban J connectivity index is 2.19. The van der Waals surface area contributed by atoms with Gasteiger partial charge in [-0.1, -0.05) is 12.1 Å². The van der Waals surface area contributed by atoms with Crippen LogP contribution >= 0.6 is 0 Å². The number of hydrogen-bond donors (Lipinski definition) is 0. The van der Waals surface area contributed by atoms with Crippen LogP contribution in [0.25, 0.3) is 0 Å². The van der Waals surface area contributed by atoms with Gasteiger partial charge >= 0.3 is 0 Å². The summed E-state index contributed by atoms with van der Waals surface area (Å²) in [7, 11) is -0.760. The van der Waals surface area contributed by atoms with Crippen LogP contribution in [0, 0.1) is 0 Å². The van der Waals surface area contributed by atoms with Gasteiger partial charge in [0.1, 0.15) is 9.84 Å². The fourth-order valence-electron chi connectivity index (χ4n) is 2.76. The number of anilines is 2. The highest BCUT2D eigenvalue weighted by Gasteiger charge is 2.23. The van der Waals surface area contributed by atoms with E-state index in [1.807, 2.05) is 6.07 Å². The molecule has 1 heterocycles. The Morgan fingerprint density at radius 2 is 1.90 bits per heavy atom. The molecule has 0 saturated heterocycles. The molecular formula is C15H24N2O2S. The van der Waals surface area contributed by atoms with Gasteiger partial charge < -0.3 is 9.80 Å². The molecule has 0 radical (unpaired) electrons. The van der Waals surface area contributed by atoms with Crippen molar-refractivity contribution in [1.82, 2.24) is 0 Å². The molecule has 0 amide bonds. The molecule has 0 bridgehead atoms. The van der Waals surface area contributed by atoms with Crippen LogP contribution < -0.4 is 9.80 Å². The van der Waals surface area contributed by atoms with Crippen LogP contribution in [0.2, 0.25) is 0 Å². The number of fused-ring (bicyclic) bond motifs is 1. The monoisotopic (exact) mass is 296 g/mol. The quantitative estimate of drug-likeness (QED) is 0.854. The van der Waals surface area contributed by atoms with Crippen molar-refractivity contribution in [3.05, 3.63) is 24.3 Å². The van der Waals surface area contributed by atoms with Crippen molar-refractivity contribution in [1.29, 1.82) is 0 Å². The van der Waals surface area contributed by atoms with Gasteiger partial charge in [-0.25, -0.2) is 8.42 Å². The maximum absolute atomic E-state index is 11.3. The molecule has 0 unspecified atom stereocenters. The second kappa shape index (κ2) is 6.04. The summed E-state index contributed by atoms with van der Waals surface area (Å²) in [5, 5.41) is 0. The Hall–Kier alpha value is -1.23. The van der Waals surface area contributed by atoms with Crippen LogP contribution in [0.15, 0.2) is 24.3 Å². The van der Waals surface area contributed by atoms with E-state index in [2.05, 4.69) is 42.0 Å². The molecule has 0 aliphatic carbocycles. The van der Waals surface area contributed by atoms with E-state index in [1.54, 1.807) is 0 Å². The minimum atomic E-state index is -2.88. The molecular weight excluding hydrogens is 272 g/mol. The van der Waals surface area contributed by atoms with Crippen molar-refractivity contribution >= 4 is 21.2 Å². The molecule has 0 spiro atoms. The number of benzene rings is 1. The van der Waals surface area contributed by atoms with Crippen LogP contribution in [-0.4, -0.2) is 46.6 Å². The zero-order valence-electron chi connectivity index (χ0n) is 12.5. The van der Waals surface area contributed by atoms with Crippen molar-refractivity contribution < 1.29 is 8.42 Å². The molecule has 1 aliphatic rings. The molecule has 20 heavy (non-hydrogen) atoms. The van der Waals surface area contributed by atoms with Gasteiger partial charge in [-0.3, -0.25) is 0 Å². The van der Waals surface area contributed by atoms with Gasteiger partial charge in [-0.05, 0) is 31.9 Å². The van der Waals surface area contributed by atoms with E-state index < -0.39 is 9.84 Å². The number of para-hydroxylation sites is 2. The summed E-state index contributed by atoms with van der Waals surface area (Å²) < 4.78 is 22.6. The molecule has 1 atom stereocenters. The molecule has 112 valence electrons. The Bertz CT molecular complexity index is 557. The van der Waals surface area contributed by atoms with Crippen molar-refractivity contribution in [2.24, 2.45) is 0 Å². The summed E-state index contributed by atoms with van der Waals surface area (Å²) in [4.78, 5) is 4.63. The summed E-state index contributed by atoms with van der Waals surface area (Å²) in [6.45, 7) is 4.04. The van der Waals surface area contributed by atoms with Crippen LogP contribution in [0.1, 0.15) is 19.8 Å². The number of hydrogen-bond acceptors (Lipinski definition) is 4. The summed E-state index contributed by atoms with van der Waals surface area (Å²) in [5.74, 6) is 0.258. The number of nitrogens with zero attached hydrogens (tertiary/aromatic N) is 2. The molecule has 0 saturated carbocycles. The average Bonchev–Trinajstić information content (AvgIpc) is 2.50. The molecule has 2 rings (SSSR count). The third kappa shape index (κ3) is 3.66. The molecule has 0 N–H and O–H groups in total. The Morgan fingerprint density at radius 3 is 2.55 bits per heavy atom. The van der Waals surface area contributed by atoms with E-state index in [0.717, 1.165) is 19.5 Å². The van der Waals surface area contributed by atoms with Crippen molar-refractivity contribution in [3.63, 3.8) is 0 Å². The third-order valence-corrected chi connectivity index (χ3v) is 4.96. The fourth-order valence-corrected chi connectivity index (χ4v) is 3.42. The highest BCUT2D eigenvalue weighted by atomic mass is 32.2. The van der Waals surface area contributed by atoms with Gasteiger partial charge in [0.2, 0.25) is 0 Å². The van der Waals surface area contributed by atoms with E-state index >= 15 is 0 Å². The van der Waals surface area contributed by atoms with E-state index in [4.69, 9.17) is 0 Å². The predicted molar refractivity (Wildman–Crippen MR) is 85.5 cm³/mol. The standard InChI is InChI=1S/C15H24N2O2S/c1-13-9-11-16(2)14-7-4-5-8-15(14)17(13)10-6-12-20(3,18)19/h4-5,7-8,13H,6,9-12H2,1-3H3/t13-/m0/s1. The van der Waals surface area contributed by atoms with E-state index in [9.17, 15) is 8.42 Å². The first-order valence-electron chi connectivity index (χ1n) is 7.13. The Morgan fingerprint density at radius 1 is 1.25 bits per heavy atom. The van der Waals surface area contributed by atoms with Gasteiger partial charge in [0.25, 0.3) is 0 Å². The zero-order valence-corrected chi connectivity index (χ0v) is 13.4. The lowest BCUT2D eigenvalue weighted by Gasteiger charge is -2.30. The lowest BCUT2D eigenvalue weighted by molar-refractivity contribution is 0.583. The summed E-state index contributed by atoms with van der Waals surface area (Å²) >= 11 is 0. The fraction of sp³-hybridized carbons (Fsp3) is 0.600. The summed E-state index contributed by atoms with van der Waals surface area (Å²) in [6, 6.07) is 8.81. The molecule has 5 heteroatoms. The summed E-state index contributed by atoms with van der Waals surface area (Å²) in [6.07, 6.45) is 3.08. The second-order valence-electron chi connectivity index (χ2n) is 5.72. The van der Waals surface area contributed by atoms with E-state index in [0.29, 0.717) is 12.5 Å². The first-order valence-corrected chi connectivity index (χ1v) is 9.19. The van der Waals surface area contributed by atoms with Gasteiger partial charge in [0.05, 0.1) is 17.1 Å². The topological polar surface area (TPSA) is 40.6 Å². The van der Waals surface area contributed by atoms with Gasteiger partial charge in [0, 0.05) is 32.4 Å². The highest BCUT2D eigenvalue weighted by Crippen LogP contribution is 2.33. The van der Waals surface area contributed by atoms with Crippen LogP contribution in [-0.2, 0) is 9.84 Å². The molecule has 4 nitrogen and oxygen atoms in total. The van der Waals surface area contributed by atoms with Crippen LogP contribution in [0.3, 0.4) is 0 Å². The average molecular weight is 296 g/mol. The molecule has 0 fully saturated rings. The highest BCUT2D eigenvalue weighted by molar-refractivity contribution is 7.90. The minimum Gasteiger partial charge on any atom is -0.373 e. The lowest BCUT2D eigenvalue weighted by Crippen LogP contribution is -2.34. The maximum Gasteiger partial charge on any atom is 0.147 e. The first kappa shape index (κ1) is 15.2. The van der Waals surface area contributed by atoms with Crippen molar-refractivity contribution in [3.8, 4) is 0 Å². The van der Waals surface area contributed by atoms with Crippen molar-refractivity contribution in [2.45, 2.75) is 25.8 Å². The second-order valence-corrected chi connectivity index (χ2v) is 7.98. The minimum absolute atomic E-state index is 0.258. The zero-order chi connectivity index (χ0) is 14.8. The van der Waals surface area contributed by atoms with Crippen molar-refractivity contribution in [2.75, 3.05) is 41.9 Å². The third-order valence-electron chi connectivity index (χ3n) is 3.93. The smallest absolute Gasteiger partial charge is 0.147 e. The largest absolute Gasteiger partial charge is 0.373 e. The Kier molecular flexibility index (Phi) is 4.58. The molecule has 1 aromatic rings. The van der Waals surface area contributed by atoms with Gasteiger partial charge in [-0.2, -0.15) is 0 Å². The van der Waals surface area contributed by atoms with Crippen LogP contribution in [0.5, 0.6) is 0 Å². The summed E-state index contributed by atoms with van der Waals surface area (Å²) in [5.41, 5.74) is 2.45. The molecule has 1 aliphatic heterocycles. The number of rotatable bonds is 4. The van der Waals surface area contributed by atoms with Crippen LogP contribution in [0.4, 0.5) is 11.4 Å². The first-order chi connectivity index (χ1) is 9.38. The normalized spacial score (nSPS) is 19.6. The van der Waals surface area contributed by atoms with Gasteiger partial charge in [0.15, 0.2) is 0 Å². The molecule has 1 aromatic carbocycles.